The Labute approximate surface area is 106 Å². The molecular formula is C17H13N. The minimum Gasteiger partial charge on any atom is -0.308 e. The Balaban J connectivity index is 2.21. The van der Waals surface area contributed by atoms with Gasteiger partial charge in [-0.1, -0.05) is 66.7 Å². The summed E-state index contributed by atoms with van der Waals surface area (Å²) < 4.78 is 0. The third-order valence-corrected chi connectivity index (χ3v) is 3.18. The third-order valence-electron chi connectivity index (χ3n) is 3.18. The molecule has 3 aromatic rings. The highest BCUT2D eigenvalue weighted by molar-refractivity contribution is 5.96. The number of fused-ring (bicyclic) bond motifs is 1. The first-order chi connectivity index (χ1) is 8.88. The van der Waals surface area contributed by atoms with Gasteiger partial charge in [0.25, 0.3) is 0 Å². The van der Waals surface area contributed by atoms with Gasteiger partial charge in [-0.05, 0) is 27.5 Å². The molecule has 0 atom stereocenters. The van der Waals surface area contributed by atoms with Crippen LogP contribution < -0.4 is 0 Å². The molecule has 0 fully saturated rings. The van der Waals surface area contributed by atoms with Gasteiger partial charge in [0, 0.05) is 6.21 Å². The first-order valence-electron chi connectivity index (χ1n) is 5.97. The Morgan fingerprint density at radius 3 is 2.22 bits per heavy atom. The first kappa shape index (κ1) is 10.7. The predicted molar refractivity (Wildman–Crippen MR) is 77.3 cm³/mol. The number of benzene rings is 3. The van der Waals surface area contributed by atoms with Crippen molar-refractivity contribution < 1.29 is 0 Å². The molecule has 86 valence electrons. The second kappa shape index (κ2) is 4.46. The van der Waals surface area contributed by atoms with Crippen molar-refractivity contribution in [3.05, 3.63) is 72.3 Å². The highest BCUT2D eigenvalue weighted by Gasteiger charge is 2.02. The summed E-state index contributed by atoms with van der Waals surface area (Å²) in [6.07, 6.45) is 1.37. The van der Waals surface area contributed by atoms with Crippen LogP contribution in [0.2, 0.25) is 0 Å². The minimum absolute atomic E-state index is 0.930. The van der Waals surface area contributed by atoms with Gasteiger partial charge in [-0.2, -0.15) is 0 Å². The zero-order valence-corrected chi connectivity index (χ0v) is 9.93. The lowest BCUT2D eigenvalue weighted by molar-refractivity contribution is 1.54. The smallest absolute Gasteiger partial charge is 0.0250 e. The Hall–Kier alpha value is -2.41. The van der Waals surface area contributed by atoms with E-state index in [2.05, 4.69) is 54.6 Å². The Bertz CT molecular complexity index is 691. The fraction of sp³-hybridized carbons (Fsp3) is 0. The molecule has 0 aromatic heterocycles. The molecule has 0 aliphatic rings. The molecule has 0 heterocycles. The molecule has 0 radical (unpaired) electrons. The topological polar surface area (TPSA) is 23.9 Å². The molecular weight excluding hydrogens is 218 g/mol. The van der Waals surface area contributed by atoms with Crippen LogP contribution in [0, 0.1) is 5.41 Å². The molecule has 3 rings (SSSR count). The summed E-state index contributed by atoms with van der Waals surface area (Å²) in [6, 6.07) is 22.9. The van der Waals surface area contributed by atoms with Crippen molar-refractivity contribution in [2.24, 2.45) is 0 Å². The van der Waals surface area contributed by atoms with E-state index < -0.39 is 0 Å². The normalized spacial score (nSPS) is 10.4. The van der Waals surface area contributed by atoms with E-state index >= 15 is 0 Å². The third kappa shape index (κ3) is 1.80. The van der Waals surface area contributed by atoms with E-state index in [4.69, 9.17) is 5.41 Å². The summed E-state index contributed by atoms with van der Waals surface area (Å²) in [5.74, 6) is 0. The van der Waals surface area contributed by atoms with Crippen LogP contribution in [0.15, 0.2) is 66.7 Å². The van der Waals surface area contributed by atoms with E-state index in [0.717, 1.165) is 5.56 Å². The lowest BCUT2D eigenvalue weighted by Gasteiger charge is -2.07. The molecule has 1 nitrogen and oxygen atoms in total. The first-order valence-corrected chi connectivity index (χ1v) is 5.97. The van der Waals surface area contributed by atoms with E-state index in [1.807, 2.05) is 12.1 Å². The lowest BCUT2D eigenvalue weighted by Crippen LogP contribution is -1.83. The highest BCUT2D eigenvalue weighted by Crippen LogP contribution is 2.28. The monoisotopic (exact) mass is 231 g/mol. The number of nitrogens with one attached hydrogen (secondary N) is 1. The minimum atomic E-state index is 0.930. The summed E-state index contributed by atoms with van der Waals surface area (Å²) in [7, 11) is 0. The molecule has 0 aliphatic carbocycles. The van der Waals surface area contributed by atoms with Gasteiger partial charge < -0.3 is 5.41 Å². The standard InChI is InChI=1S/C17H13N/c18-12-13-8-10-15(11-9-13)17-7-3-5-14-4-1-2-6-16(14)17/h1-12,18H. The Morgan fingerprint density at radius 1 is 0.722 bits per heavy atom. The Kier molecular flexibility index (Phi) is 2.66. The van der Waals surface area contributed by atoms with Crippen LogP contribution in [0.1, 0.15) is 5.56 Å². The molecule has 1 N–H and O–H groups in total. The van der Waals surface area contributed by atoms with E-state index in [1.165, 1.54) is 28.1 Å². The molecule has 0 aliphatic heterocycles. The number of rotatable bonds is 2. The molecule has 0 amide bonds. The van der Waals surface area contributed by atoms with Crippen molar-refractivity contribution in [3.8, 4) is 11.1 Å². The van der Waals surface area contributed by atoms with Crippen LogP contribution in [0.25, 0.3) is 21.9 Å². The molecule has 0 saturated carbocycles. The zero-order valence-electron chi connectivity index (χ0n) is 9.93. The second-order valence-corrected chi connectivity index (χ2v) is 4.29. The molecule has 18 heavy (non-hydrogen) atoms. The van der Waals surface area contributed by atoms with E-state index in [0.29, 0.717) is 0 Å². The summed E-state index contributed by atoms with van der Waals surface area (Å²) >= 11 is 0. The van der Waals surface area contributed by atoms with Crippen LogP contribution >= 0.6 is 0 Å². The lowest BCUT2D eigenvalue weighted by atomic mass is 9.98. The largest absolute Gasteiger partial charge is 0.308 e. The molecule has 0 spiro atoms. The van der Waals surface area contributed by atoms with Gasteiger partial charge in [-0.3, -0.25) is 0 Å². The van der Waals surface area contributed by atoms with Crippen molar-refractivity contribution >= 4 is 17.0 Å². The fourth-order valence-electron chi connectivity index (χ4n) is 2.24. The average molecular weight is 231 g/mol. The van der Waals surface area contributed by atoms with Gasteiger partial charge in [-0.25, -0.2) is 0 Å². The highest BCUT2D eigenvalue weighted by atomic mass is 14.3. The maximum Gasteiger partial charge on any atom is 0.0250 e. The molecule has 1 heteroatoms. The molecule has 0 unspecified atom stereocenters. The van der Waals surface area contributed by atoms with Gasteiger partial charge in [0.1, 0.15) is 0 Å². The van der Waals surface area contributed by atoms with E-state index in [9.17, 15) is 0 Å². The number of hydrogen-bond acceptors (Lipinski definition) is 1. The summed E-state index contributed by atoms with van der Waals surface area (Å²) in [6.45, 7) is 0. The van der Waals surface area contributed by atoms with Gasteiger partial charge >= 0.3 is 0 Å². The van der Waals surface area contributed by atoms with Crippen LogP contribution in [-0.2, 0) is 0 Å². The maximum atomic E-state index is 7.22. The zero-order chi connectivity index (χ0) is 12.4. The fourth-order valence-corrected chi connectivity index (χ4v) is 2.24. The predicted octanol–water partition coefficient (Wildman–Crippen LogP) is 4.50. The van der Waals surface area contributed by atoms with Crippen molar-refractivity contribution in [1.29, 1.82) is 5.41 Å². The van der Waals surface area contributed by atoms with Crippen LogP contribution in [0.5, 0.6) is 0 Å². The van der Waals surface area contributed by atoms with Gasteiger partial charge in [0.2, 0.25) is 0 Å². The Morgan fingerprint density at radius 2 is 1.44 bits per heavy atom. The van der Waals surface area contributed by atoms with Crippen molar-refractivity contribution in [2.75, 3.05) is 0 Å². The van der Waals surface area contributed by atoms with Crippen molar-refractivity contribution in [1.82, 2.24) is 0 Å². The van der Waals surface area contributed by atoms with Gasteiger partial charge in [0.15, 0.2) is 0 Å². The van der Waals surface area contributed by atoms with Crippen molar-refractivity contribution in [3.63, 3.8) is 0 Å². The maximum absolute atomic E-state index is 7.22. The van der Waals surface area contributed by atoms with Crippen molar-refractivity contribution in [2.45, 2.75) is 0 Å². The van der Waals surface area contributed by atoms with Gasteiger partial charge in [0.05, 0.1) is 0 Å². The SMILES string of the molecule is N=Cc1ccc(-c2cccc3ccccc23)cc1. The summed E-state index contributed by atoms with van der Waals surface area (Å²) in [5, 5.41) is 9.75. The van der Waals surface area contributed by atoms with Gasteiger partial charge in [-0.15, -0.1) is 0 Å². The van der Waals surface area contributed by atoms with E-state index in [-0.39, 0.29) is 0 Å². The molecule has 0 bridgehead atoms. The number of hydrogen-bond donors (Lipinski definition) is 1. The second-order valence-electron chi connectivity index (χ2n) is 4.29. The van der Waals surface area contributed by atoms with Crippen LogP contribution in [0.4, 0.5) is 0 Å². The molecule has 3 aromatic carbocycles. The average Bonchev–Trinajstić information content (AvgIpc) is 2.47. The quantitative estimate of drug-likeness (QED) is 0.628. The van der Waals surface area contributed by atoms with E-state index in [1.54, 1.807) is 0 Å². The summed E-state index contributed by atoms with van der Waals surface area (Å²) in [4.78, 5) is 0. The molecule has 0 saturated heterocycles. The van der Waals surface area contributed by atoms with Crippen LogP contribution in [0.3, 0.4) is 0 Å². The summed E-state index contributed by atoms with van der Waals surface area (Å²) in [5.41, 5.74) is 3.36. The van der Waals surface area contributed by atoms with Crippen LogP contribution in [-0.4, -0.2) is 6.21 Å².